The average molecular weight is 439 g/mol. The van der Waals surface area contributed by atoms with Crippen LogP contribution in [0.4, 0.5) is 13.2 Å². The van der Waals surface area contributed by atoms with Crippen LogP contribution in [-0.4, -0.2) is 52.4 Å². The molecule has 1 amide bonds. The summed E-state index contributed by atoms with van der Waals surface area (Å²) in [5.41, 5.74) is 0.806. The molecule has 2 N–H and O–H groups in total. The van der Waals surface area contributed by atoms with Gasteiger partial charge in [0.15, 0.2) is 0 Å². The van der Waals surface area contributed by atoms with E-state index in [2.05, 4.69) is 5.32 Å². The van der Waals surface area contributed by atoms with Gasteiger partial charge in [-0.2, -0.15) is 13.2 Å². The summed E-state index contributed by atoms with van der Waals surface area (Å²) in [5, 5.41) is 13.1. The van der Waals surface area contributed by atoms with E-state index in [1.165, 1.54) is 0 Å². The van der Waals surface area contributed by atoms with Gasteiger partial charge in [0.1, 0.15) is 0 Å². The van der Waals surface area contributed by atoms with Gasteiger partial charge in [0.25, 0.3) is 5.56 Å². The maximum atomic E-state index is 13.1. The number of fused-ring (bicyclic) bond motifs is 4. The zero-order chi connectivity index (χ0) is 22.3. The third-order valence-electron chi connectivity index (χ3n) is 6.76. The van der Waals surface area contributed by atoms with Crippen molar-refractivity contribution in [1.82, 2.24) is 14.8 Å². The van der Waals surface area contributed by atoms with Crippen molar-refractivity contribution in [2.45, 2.75) is 51.0 Å². The number of amides is 1. The second kappa shape index (κ2) is 8.43. The van der Waals surface area contributed by atoms with E-state index in [0.29, 0.717) is 23.7 Å². The number of nitrogens with one attached hydrogen (secondary N) is 1. The smallest absolute Gasteiger partial charge is 0.390 e. The van der Waals surface area contributed by atoms with Gasteiger partial charge < -0.3 is 15.0 Å². The fourth-order valence-corrected chi connectivity index (χ4v) is 5.09. The van der Waals surface area contributed by atoms with E-state index >= 15 is 0 Å². The second-order valence-corrected chi connectivity index (χ2v) is 8.81. The number of aliphatic hydroxyl groups is 1. The number of nitrogens with zero attached hydrogens (tertiary/aromatic N) is 2. The van der Waals surface area contributed by atoms with Crippen molar-refractivity contribution >= 4 is 12.0 Å². The molecular weight excluding hydrogens is 411 g/mol. The summed E-state index contributed by atoms with van der Waals surface area (Å²) in [7, 11) is 0. The van der Waals surface area contributed by atoms with E-state index < -0.39 is 36.5 Å². The first kappa shape index (κ1) is 22.1. The third-order valence-corrected chi connectivity index (χ3v) is 6.76. The molecule has 3 aliphatic rings. The minimum absolute atomic E-state index is 0.158. The number of aromatic nitrogens is 1. The van der Waals surface area contributed by atoms with Gasteiger partial charge in [0.2, 0.25) is 5.91 Å². The molecule has 1 aliphatic carbocycles. The molecule has 170 valence electrons. The third kappa shape index (κ3) is 4.30. The highest BCUT2D eigenvalue weighted by molar-refractivity contribution is 5.80. The molecule has 3 heterocycles. The fourth-order valence-electron chi connectivity index (χ4n) is 5.09. The normalized spacial score (nSPS) is 28.2. The molecule has 2 fully saturated rings. The number of hydrogen-bond acceptors (Lipinski definition) is 4. The number of allylic oxidation sites excluding steroid dienone is 1. The van der Waals surface area contributed by atoms with Crippen LogP contribution in [0.25, 0.3) is 6.08 Å². The SMILES string of the molecule is C/C=C\c1ccc2n(c1=O)C[C@@H]1[C@@H](CO)[C@H](C(=O)NCC3CC3)[C@H]2N1CCC(F)(F)F. The topological polar surface area (TPSA) is 74.6 Å². The van der Waals surface area contributed by atoms with E-state index in [1.54, 1.807) is 40.7 Å². The lowest BCUT2D eigenvalue weighted by Crippen LogP contribution is -2.47. The monoisotopic (exact) mass is 439 g/mol. The van der Waals surface area contributed by atoms with Crippen LogP contribution in [-0.2, 0) is 11.3 Å². The molecule has 4 rings (SSSR count). The maximum Gasteiger partial charge on any atom is 0.390 e. The van der Waals surface area contributed by atoms with E-state index in [9.17, 15) is 27.9 Å². The molecule has 31 heavy (non-hydrogen) atoms. The maximum absolute atomic E-state index is 13.1. The summed E-state index contributed by atoms with van der Waals surface area (Å²) in [6, 6.07) is 2.20. The molecule has 0 spiro atoms. The summed E-state index contributed by atoms with van der Waals surface area (Å²) in [5.74, 6) is -1.05. The molecule has 1 saturated heterocycles. The molecule has 0 aromatic carbocycles. The van der Waals surface area contributed by atoms with Crippen LogP contribution in [0.5, 0.6) is 0 Å². The van der Waals surface area contributed by atoms with Crippen LogP contribution in [0.1, 0.15) is 43.5 Å². The largest absolute Gasteiger partial charge is 0.396 e. The van der Waals surface area contributed by atoms with Crippen molar-refractivity contribution in [3.63, 3.8) is 0 Å². The predicted octanol–water partition coefficient (Wildman–Crippen LogP) is 2.32. The molecule has 1 aromatic heterocycles. The number of hydrogen-bond donors (Lipinski definition) is 2. The van der Waals surface area contributed by atoms with Crippen molar-refractivity contribution in [3.05, 3.63) is 39.8 Å². The molecule has 4 atom stereocenters. The van der Waals surface area contributed by atoms with Gasteiger partial charge >= 0.3 is 6.18 Å². The van der Waals surface area contributed by atoms with Gasteiger partial charge in [-0.05, 0) is 37.8 Å². The van der Waals surface area contributed by atoms with Gasteiger partial charge in [0, 0.05) is 49.5 Å². The van der Waals surface area contributed by atoms with Gasteiger partial charge in [-0.15, -0.1) is 0 Å². The summed E-state index contributed by atoms with van der Waals surface area (Å²) in [4.78, 5) is 27.8. The number of pyridine rings is 1. The van der Waals surface area contributed by atoms with E-state index in [-0.39, 0.29) is 31.2 Å². The lowest BCUT2D eigenvalue weighted by molar-refractivity contribution is -0.140. The number of carbonyl (C=O) groups excluding carboxylic acids is 1. The summed E-state index contributed by atoms with van der Waals surface area (Å²) in [6.45, 7) is 1.91. The molecule has 0 radical (unpaired) electrons. The molecule has 0 unspecified atom stereocenters. The van der Waals surface area contributed by atoms with E-state index in [4.69, 9.17) is 0 Å². The fraction of sp³-hybridized carbons (Fsp3) is 0.636. The second-order valence-electron chi connectivity index (χ2n) is 8.81. The van der Waals surface area contributed by atoms with Crippen LogP contribution >= 0.6 is 0 Å². The first-order chi connectivity index (χ1) is 14.7. The predicted molar refractivity (Wildman–Crippen MR) is 109 cm³/mol. The molecular formula is C22H28F3N3O3. The van der Waals surface area contributed by atoms with Gasteiger partial charge in [-0.1, -0.05) is 12.2 Å². The minimum Gasteiger partial charge on any atom is -0.396 e. The van der Waals surface area contributed by atoms with Gasteiger partial charge in [0.05, 0.1) is 18.4 Å². The van der Waals surface area contributed by atoms with Crippen LogP contribution in [0.15, 0.2) is 23.0 Å². The Kier molecular flexibility index (Phi) is 6.00. The molecule has 2 bridgehead atoms. The van der Waals surface area contributed by atoms with Crippen LogP contribution < -0.4 is 10.9 Å². The Labute approximate surface area is 178 Å². The number of alkyl halides is 3. The van der Waals surface area contributed by atoms with Crippen LogP contribution in [0.3, 0.4) is 0 Å². The van der Waals surface area contributed by atoms with Crippen molar-refractivity contribution in [3.8, 4) is 0 Å². The summed E-state index contributed by atoms with van der Waals surface area (Å²) < 4.78 is 40.6. The van der Waals surface area contributed by atoms with E-state index in [0.717, 1.165) is 12.8 Å². The van der Waals surface area contributed by atoms with Crippen LogP contribution in [0.2, 0.25) is 0 Å². The molecule has 1 saturated carbocycles. The Balaban J connectivity index is 1.73. The Hall–Kier alpha value is -2.13. The average Bonchev–Trinajstić information content (AvgIpc) is 3.51. The van der Waals surface area contributed by atoms with E-state index in [1.807, 2.05) is 0 Å². The molecule has 2 aliphatic heterocycles. The highest BCUT2D eigenvalue weighted by Crippen LogP contribution is 2.48. The van der Waals surface area contributed by atoms with Gasteiger partial charge in [-0.3, -0.25) is 14.5 Å². The van der Waals surface area contributed by atoms with Crippen LogP contribution in [0, 0.1) is 17.8 Å². The lowest BCUT2D eigenvalue weighted by Gasteiger charge is -2.38. The first-order valence-corrected chi connectivity index (χ1v) is 10.8. The molecule has 1 aromatic rings. The Bertz CT molecular complexity index is 923. The highest BCUT2D eigenvalue weighted by atomic mass is 19.4. The number of rotatable bonds is 7. The lowest BCUT2D eigenvalue weighted by atomic mass is 9.86. The Morgan fingerprint density at radius 2 is 2.06 bits per heavy atom. The number of halogens is 3. The zero-order valence-electron chi connectivity index (χ0n) is 17.4. The quantitative estimate of drug-likeness (QED) is 0.684. The van der Waals surface area contributed by atoms with Gasteiger partial charge in [-0.25, -0.2) is 0 Å². The highest BCUT2D eigenvalue weighted by Gasteiger charge is 2.56. The first-order valence-electron chi connectivity index (χ1n) is 10.8. The van der Waals surface area contributed by atoms with Crippen molar-refractivity contribution in [2.24, 2.45) is 17.8 Å². The van der Waals surface area contributed by atoms with Crippen molar-refractivity contribution in [2.75, 3.05) is 19.7 Å². The molecule has 9 heteroatoms. The number of aliphatic hydroxyl groups excluding tert-OH is 1. The Morgan fingerprint density at radius 3 is 2.68 bits per heavy atom. The van der Waals surface area contributed by atoms with Crippen molar-refractivity contribution in [1.29, 1.82) is 0 Å². The zero-order valence-corrected chi connectivity index (χ0v) is 17.4. The summed E-state index contributed by atoms with van der Waals surface area (Å²) >= 11 is 0. The minimum atomic E-state index is -4.33. The Morgan fingerprint density at radius 1 is 1.32 bits per heavy atom. The van der Waals surface area contributed by atoms with Crippen molar-refractivity contribution < 1.29 is 23.1 Å². The standard InChI is InChI=1S/C22H28F3N3O3/c1-2-3-14-6-7-16-19-18(20(30)26-10-13-4-5-13)15(12-29)17(11-28(16)21(14)31)27(19)9-8-22(23,24)25/h2-3,6-7,13,15,17-19,29H,4-5,8-12H2,1H3,(H,26,30)/b3-2-/t15-,17-,18+,19+/m1/s1. The summed E-state index contributed by atoms with van der Waals surface area (Å²) in [6.07, 6.45) is 0.229. The number of carbonyl (C=O) groups is 1. The molecule has 6 nitrogen and oxygen atoms in total.